The Hall–Kier alpha value is -1.93. The van der Waals surface area contributed by atoms with Gasteiger partial charge in [-0.15, -0.1) is 0 Å². The molecule has 19 heavy (non-hydrogen) atoms. The van der Waals surface area contributed by atoms with Crippen LogP contribution in [0.15, 0.2) is 34.7 Å². The average molecular weight is 284 g/mol. The number of hydrogen-bond donors (Lipinski definition) is 1. The van der Waals surface area contributed by atoms with Crippen LogP contribution in [0.3, 0.4) is 0 Å². The number of nitrogens with zero attached hydrogens (tertiary/aromatic N) is 2. The molecule has 1 aliphatic rings. The molecule has 1 aliphatic heterocycles. The van der Waals surface area contributed by atoms with Gasteiger partial charge in [0.25, 0.3) is 15.7 Å². The third-order valence-electron chi connectivity index (χ3n) is 3.13. The zero-order valence-electron chi connectivity index (χ0n) is 10.3. The zero-order valence-corrected chi connectivity index (χ0v) is 11.1. The van der Waals surface area contributed by atoms with Gasteiger partial charge in [0.2, 0.25) is 0 Å². The first-order valence-corrected chi connectivity index (χ1v) is 6.85. The Kier molecular flexibility index (Phi) is 3.07. The largest absolute Gasteiger partial charge is 0.369 e. The second-order valence-electron chi connectivity index (χ2n) is 4.19. The second-order valence-corrected chi connectivity index (χ2v) is 6.14. The molecule has 0 saturated carbocycles. The number of anilines is 1. The molecule has 1 N–H and O–H groups in total. The predicted molar refractivity (Wildman–Crippen MR) is 68.9 cm³/mol. The van der Waals surface area contributed by atoms with Gasteiger partial charge in [0.1, 0.15) is 0 Å². The van der Waals surface area contributed by atoms with E-state index >= 15 is 0 Å². The van der Waals surface area contributed by atoms with E-state index in [1.807, 2.05) is 0 Å². The summed E-state index contributed by atoms with van der Waals surface area (Å²) in [6.45, 7) is 2.95. The van der Waals surface area contributed by atoms with Gasteiger partial charge in [-0.3, -0.25) is 10.1 Å². The van der Waals surface area contributed by atoms with Crippen molar-refractivity contribution >= 4 is 21.4 Å². The van der Waals surface area contributed by atoms with E-state index in [9.17, 15) is 23.6 Å². The molecule has 0 saturated heterocycles. The predicted octanol–water partition coefficient (Wildman–Crippen LogP) is 1.36. The molecule has 1 atom stereocenters. The molecule has 7 nitrogen and oxygen atoms in total. The minimum atomic E-state index is -3.76. The Morgan fingerprint density at radius 1 is 1.26 bits per heavy atom. The van der Waals surface area contributed by atoms with E-state index in [-0.39, 0.29) is 16.3 Å². The summed E-state index contributed by atoms with van der Waals surface area (Å²) in [5.74, 6) is 0. The maximum atomic E-state index is 12.1. The van der Waals surface area contributed by atoms with Crippen molar-refractivity contribution in [1.82, 2.24) is 0 Å². The Morgan fingerprint density at radius 2 is 1.79 bits per heavy atom. The lowest BCUT2D eigenvalue weighted by molar-refractivity contribution is -0.384. The summed E-state index contributed by atoms with van der Waals surface area (Å²) in [7, 11) is -3.76. The Labute approximate surface area is 110 Å². The standard InChI is InChI=1S/C11H12N2O5S/c1-7-8(2)19(17,18)12(11(7)14)9-3-5-10(6-4-9)13(15)16/h3-6,11,14H,1-2H3. The minimum Gasteiger partial charge on any atom is -0.369 e. The summed E-state index contributed by atoms with van der Waals surface area (Å²) < 4.78 is 25.1. The number of hydrogen-bond acceptors (Lipinski definition) is 5. The van der Waals surface area contributed by atoms with E-state index < -0.39 is 21.2 Å². The number of sulfonamides is 1. The number of aliphatic hydroxyl groups excluding tert-OH is 1. The monoisotopic (exact) mass is 284 g/mol. The highest BCUT2D eigenvalue weighted by Crippen LogP contribution is 2.35. The van der Waals surface area contributed by atoms with Crippen LogP contribution in [0.2, 0.25) is 0 Å². The molecule has 0 spiro atoms. The third-order valence-corrected chi connectivity index (χ3v) is 5.15. The van der Waals surface area contributed by atoms with Gasteiger partial charge in [0.05, 0.1) is 15.5 Å². The molecule has 1 heterocycles. The van der Waals surface area contributed by atoms with Gasteiger partial charge in [-0.1, -0.05) is 0 Å². The topological polar surface area (TPSA) is 101 Å². The fourth-order valence-corrected chi connectivity index (χ4v) is 3.47. The van der Waals surface area contributed by atoms with Crippen LogP contribution >= 0.6 is 0 Å². The Morgan fingerprint density at radius 3 is 2.16 bits per heavy atom. The fraction of sp³-hybridized carbons (Fsp3) is 0.273. The van der Waals surface area contributed by atoms with Crippen LogP contribution in [0.5, 0.6) is 0 Å². The van der Waals surface area contributed by atoms with Crippen LogP contribution < -0.4 is 4.31 Å². The summed E-state index contributed by atoms with van der Waals surface area (Å²) in [5, 5.41) is 20.5. The first-order valence-electron chi connectivity index (χ1n) is 5.41. The molecule has 102 valence electrons. The zero-order chi connectivity index (χ0) is 14.4. The number of aliphatic hydroxyl groups is 1. The van der Waals surface area contributed by atoms with Gasteiger partial charge < -0.3 is 5.11 Å². The van der Waals surface area contributed by atoms with Crippen molar-refractivity contribution in [3.63, 3.8) is 0 Å². The van der Waals surface area contributed by atoms with E-state index in [0.29, 0.717) is 5.57 Å². The highest BCUT2D eigenvalue weighted by Gasteiger charge is 2.40. The minimum absolute atomic E-state index is 0.0957. The number of allylic oxidation sites excluding steroid dienone is 1. The van der Waals surface area contributed by atoms with Crippen molar-refractivity contribution in [2.75, 3.05) is 4.31 Å². The van der Waals surface area contributed by atoms with Gasteiger partial charge in [0, 0.05) is 12.1 Å². The van der Waals surface area contributed by atoms with E-state index in [1.165, 1.54) is 38.1 Å². The maximum Gasteiger partial charge on any atom is 0.269 e. The lowest BCUT2D eigenvalue weighted by atomic mass is 10.2. The van der Waals surface area contributed by atoms with E-state index in [4.69, 9.17) is 0 Å². The summed E-state index contributed by atoms with van der Waals surface area (Å²) in [6, 6.07) is 4.98. The van der Waals surface area contributed by atoms with Gasteiger partial charge in [-0.05, 0) is 31.6 Å². The molecule has 0 bridgehead atoms. The number of non-ortho nitro benzene ring substituents is 1. The first-order chi connectivity index (χ1) is 8.76. The lowest BCUT2D eigenvalue weighted by Crippen LogP contribution is -2.34. The van der Waals surface area contributed by atoms with Crippen molar-refractivity contribution in [1.29, 1.82) is 0 Å². The molecule has 2 rings (SSSR count). The maximum absolute atomic E-state index is 12.1. The molecule has 0 aromatic heterocycles. The Bertz CT molecular complexity index is 663. The molecule has 1 aromatic rings. The lowest BCUT2D eigenvalue weighted by Gasteiger charge is -2.22. The summed E-state index contributed by atoms with van der Waals surface area (Å²) in [6.07, 6.45) is -1.27. The fourth-order valence-electron chi connectivity index (χ4n) is 1.84. The summed E-state index contributed by atoms with van der Waals surface area (Å²) in [5.41, 5.74) is 0.392. The van der Waals surface area contributed by atoms with E-state index in [2.05, 4.69) is 0 Å². The number of nitro groups is 1. The van der Waals surface area contributed by atoms with Crippen LogP contribution in [0.4, 0.5) is 11.4 Å². The number of nitro benzene ring substituents is 1. The molecular weight excluding hydrogens is 272 g/mol. The van der Waals surface area contributed by atoms with Crippen LogP contribution in [0.25, 0.3) is 0 Å². The van der Waals surface area contributed by atoms with E-state index in [0.717, 1.165) is 4.31 Å². The van der Waals surface area contributed by atoms with Crippen molar-refractivity contribution in [2.45, 2.75) is 20.1 Å². The Balaban J connectivity index is 2.47. The third kappa shape index (κ3) is 1.98. The highest BCUT2D eigenvalue weighted by molar-refractivity contribution is 7.96. The molecule has 0 fully saturated rings. The molecule has 0 radical (unpaired) electrons. The molecule has 0 aliphatic carbocycles. The van der Waals surface area contributed by atoms with Crippen LogP contribution in [0.1, 0.15) is 13.8 Å². The molecular formula is C11H12N2O5S. The molecule has 1 aromatic carbocycles. The highest BCUT2D eigenvalue weighted by atomic mass is 32.2. The average Bonchev–Trinajstić information content (AvgIpc) is 2.50. The summed E-state index contributed by atoms with van der Waals surface area (Å²) in [4.78, 5) is 10.1. The summed E-state index contributed by atoms with van der Waals surface area (Å²) >= 11 is 0. The van der Waals surface area contributed by atoms with Crippen LogP contribution in [-0.4, -0.2) is 24.7 Å². The van der Waals surface area contributed by atoms with E-state index in [1.54, 1.807) is 0 Å². The van der Waals surface area contributed by atoms with Gasteiger partial charge >= 0.3 is 0 Å². The quantitative estimate of drug-likeness (QED) is 0.652. The van der Waals surface area contributed by atoms with Crippen molar-refractivity contribution < 1.29 is 18.4 Å². The van der Waals surface area contributed by atoms with Gasteiger partial charge in [-0.25, -0.2) is 12.7 Å². The van der Waals surface area contributed by atoms with Crippen LogP contribution in [-0.2, 0) is 10.0 Å². The van der Waals surface area contributed by atoms with Crippen LogP contribution in [0, 0.1) is 10.1 Å². The second kappa shape index (κ2) is 4.32. The van der Waals surface area contributed by atoms with Crippen molar-refractivity contribution in [3.8, 4) is 0 Å². The SMILES string of the molecule is CC1=C(C)S(=O)(=O)N(c2ccc([N+](=O)[O-])cc2)C1O. The van der Waals surface area contributed by atoms with Crippen molar-refractivity contribution in [3.05, 3.63) is 44.9 Å². The molecule has 1 unspecified atom stereocenters. The number of benzene rings is 1. The van der Waals surface area contributed by atoms with Crippen molar-refractivity contribution in [2.24, 2.45) is 0 Å². The molecule has 0 amide bonds. The smallest absolute Gasteiger partial charge is 0.269 e. The first kappa shape index (κ1) is 13.5. The normalized spacial score (nSPS) is 21.8. The van der Waals surface area contributed by atoms with Gasteiger partial charge in [-0.2, -0.15) is 0 Å². The van der Waals surface area contributed by atoms with Gasteiger partial charge in [0.15, 0.2) is 6.23 Å². The molecule has 8 heteroatoms. The number of rotatable bonds is 2.